The third-order valence-electron chi connectivity index (χ3n) is 3.87. The molecule has 6 nitrogen and oxygen atoms in total. The first kappa shape index (κ1) is 18.4. The number of halogens is 1. The van der Waals surface area contributed by atoms with Gasteiger partial charge < -0.3 is 10.3 Å². The van der Waals surface area contributed by atoms with E-state index in [9.17, 15) is 4.79 Å². The van der Waals surface area contributed by atoms with Crippen molar-refractivity contribution in [3.05, 3.63) is 69.4 Å². The number of benzene rings is 1. The van der Waals surface area contributed by atoms with Gasteiger partial charge in [0.2, 0.25) is 0 Å². The molecule has 0 aliphatic rings. The van der Waals surface area contributed by atoms with Crippen molar-refractivity contribution in [3.63, 3.8) is 0 Å². The Labute approximate surface area is 173 Å². The molecule has 0 saturated carbocycles. The molecule has 0 unspecified atom stereocenters. The second kappa shape index (κ2) is 7.94. The minimum Gasteiger partial charge on any atom is -0.343 e. The van der Waals surface area contributed by atoms with E-state index in [1.165, 1.54) is 22.7 Å². The highest BCUT2D eigenvalue weighted by Gasteiger charge is 2.13. The fraction of sp³-hybridized carbons (Fsp3) is 0.0526. The molecule has 1 aromatic carbocycles. The van der Waals surface area contributed by atoms with Crippen LogP contribution in [0.25, 0.3) is 21.1 Å². The van der Waals surface area contributed by atoms with Crippen LogP contribution in [-0.2, 0) is 6.54 Å². The molecule has 4 aromatic rings. The average molecular weight is 426 g/mol. The summed E-state index contributed by atoms with van der Waals surface area (Å²) in [4.78, 5) is 25.1. The summed E-state index contributed by atoms with van der Waals surface area (Å²) in [5, 5.41) is 14.3. The smallest absolute Gasteiger partial charge is 0.271 e. The van der Waals surface area contributed by atoms with Crippen LogP contribution < -0.4 is 5.32 Å². The van der Waals surface area contributed by atoms with Gasteiger partial charge in [-0.25, -0.2) is 9.97 Å². The molecule has 3 aromatic heterocycles. The number of amides is 1. The van der Waals surface area contributed by atoms with Crippen LogP contribution in [0, 0.1) is 11.3 Å². The number of hydrogen-bond donors (Lipinski definition) is 2. The average Bonchev–Trinajstić information content (AvgIpc) is 3.46. The highest BCUT2D eigenvalue weighted by molar-refractivity contribution is 7.23. The van der Waals surface area contributed by atoms with Gasteiger partial charge in [0.05, 0.1) is 39.3 Å². The molecule has 0 saturated heterocycles. The molecule has 0 radical (unpaired) electrons. The number of nitriles is 1. The molecule has 28 heavy (non-hydrogen) atoms. The van der Waals surface area contributed by atoms with Crippen molar-refractivity contribution < 1.29 is 4.79 Å². The second-order valence-corrected chi connectivity index (χ2v) is 8.33. The topological polar surface area (TPSA) is 94.5 Å². The molecule has 0 aliphatic carbocycles. The molecule has 138 valence electrons. The van der Waals surface area contributed by atoms with Crippen molar-refractivity contribution in [2.75, 3.05) is 0 Å². The van der Waals surface area contributed by atoms with Crippen LogP contribution in [0.5, 0.6) is 0 Å². The Hall–Kier alpha value is -2.99. The maximum atomic E-state index is 12.4. The molecule has 0 spiro atoms. The lowest BCUT2D eigenvalue weighted by molar-refractivity contribution is 0.0945. The van der Waals surface area contributed by atoms with E-state index in [0.717, 1.165) is 21.1 Å². The van der Waals surface area contributed by atoms with Gasteiger partial charge in [0.15, 0.2) is 0 Å². The monoisotopic (exact) mass is 425 g/mol. The molecule has 9 heteroatoms. The molecular formula is C19H12ClN5OS2. The number of carbonyl (C=O) groups is 1. The molecule has 4 rings (SSSR count). The first-order chi connectivity index (χ1) is 13.6. The lowest BCUT2D eigenvalue weighted by Gasteiger charge is -2.01. The van der Waals surface area contributed by atoms with E-state index >= 15 is 0 Å². The van der Waals surface area contributed by atoms with Gasteiger partial charge >= 0.3 is 0 Å². The van der Waals surface area contributed by atoms with E-state index in [-0.39, 0.29) is 12.5 Å². The summed E-state index contributed by atoms with van der Waals surface area (Å²) in [5.41, 5.74) is 2.58. The number of thiazole rings is 1. The Morgan fingerprint density at radius 1 is 1.32 bits per heavy atom. The number of imidazole rings is 1. The summed E-state index contributed by atoms with van der Waals surface area (Å²) < 4.78 is 0.685. The zero-order valence-corrected chi connectivity index (χ0v) is 16.7. The van der Waals surface area contributed by atoms with Crippen LogP contribution in [0.2, 0.25) is 4.34 Å². The molecule has 3 heterocycles. The van der Waals surface area contributed by atoms with Gasteiger partial charge in [-0.15, -0.1) is 22.7 Å². The molecule has 0 fully saturated rings. The maximum Gasteiger partial charge on any atom is 0.271 e. The molecule has 0 bridgehead atoms. The summed E-state index contributed by atoms with van der Waals surface area (Å²) in [6.07, 6.45) is 1.68. The predicted octanol–water partition coefficient (Wildman–Crippen LogP) is 4.72. The van der Waals surface area contributed by atoms with Crippen LogP contribution in [0.1, 0.15) is 21.9 Å². The molecule has 2 N–H and O–H groups in total. The summed E-state index contributed by atoms with van der Waals surface area (Å²) in [6, 6.07) is 13.0. The number of nitrogens with zero attached hydrogens (tertiary/aromatic N) is 3. The number of hydrogen-bond acceptors (Lipinski definition) is 6. The number of thiophene rings is 1. The number of nitrogens with one attached hydrogen (secondary N) is 2. The van der Waals surface area contributed by atoms with Crippen LogP contribution in [0.3, 0.4) is 0 Å². The quantitative estimate of drug-likeness (QED) is 0.483. The number of H-pyrrole nitrogens is 1. The van der Waals surface area contributed by atoms with Gasteiger partial charge in [0, 0.05) is 10.9 Å². The molecular weight excluding hydrogens is 414 g/mol. The van der Waals surface area contributed by atoms with Gasteiger partial charge in [-0.05, 0) is 24.3 Å². The third kappa shape index (κ3) is 3.97. The SMILES string of the molecule is N#Cc1cccc(-c2cnc(CNC(=O)c3csc(-c4ccc(Cl)s4)n3)[nH]2)c1. The fourth-order valence-corrected chi connectivity index (χ4v) is 4.45. The fourth-order valence-electron chi connectivity index (χ4n) is 2.53. The lowest BCUT2D eigenvalue weighted by atomic mass is 10.1. The predicted molar refractivity (Wildman–Crippen MR) is 110 cm³/mol. The van der Waals surface area contributed by atoms with E-state index in [2.05, 4.69) is 26.3 Å². The maximum absolute atomic E-state index is 12.4. The van der Waals surface area contributed by atoms with Gasteiger partial charge in [-0.3, -0.25) is 4.79 Å². The van der Waals surface area contributed by atoms with Gasteiger partial charge in [0.1, 0.15) is 16.5 Å². The summed E-state index contributed by atoms with van der Waals surface area (Å²) in [7, 11) is 0. The minimum atomic E-state index is -0.269. The van der Waals surface area contributed by atoms with Crippen molar-refractivity contribution >= 4 is 40.2 Å². The number of aromatic nitrogens is 3. The Kier molecular flexibility index (Phi) is 5.21. The number of carbonyl (C=O) groups excluding carboxylic acids is 1. The third-order valence-corrected chi connectivity index (χ3v) is 6.11. The van der Waals surface area contributed by atoms with E-state index in [1.807, 2.05) is 24.3 Å². The first-order valence-corrected chi connectivity index (χ1v) is 10.2. The van der Waals surface area contributed by atoms with E-state index in [0.29, 0.717) is 21.4 Å². The second-order valence-electron chi connectivity index (χ2n) is 5.76. The zero-order chi connectivity index (χ0) is 19.5. The van der Waals surface area contributed by atoms with Crippen LogP contribution in [-0.4, -0.2) is 20.9 Å². The Balaban J connectivity index is 1.41. The van der Waals surface area contributed by atoms with Gasteiger partial charge in [-0.2, -0.15) is 5.26 Å². The van der Waals surface area contributed by atoms with Crippen molar-refractivity contribution in [2.45, 2.75) is 6.54 Å². The lowest BCUT2D eigenvalue weighted by Crippen LogP contribution is -2.23. The summed E-state index contributed by atoms with van der Waals surface area (Å²) in [5.74, 6) is 0.348. The Morgan fingerprint density at radius 2 is 2.21 bits per heavy atom. The van der Waals surface area contributed by atoms with Gasteiger partial charge in [0.25, 0.3) is 5.91 Å². The van der Waals surface area contributed by atoms with E-state index in [4.69, 9.17) is 16.9 Å². The first-order valence-electron chi connectivity index (χ1n) is 8.16. The van der Waals surface area contributed by atoms with Crippen molar-refractivity contribution in [2.24, 2.45) is 0 Å². The Morgan fingerprint density at radius 3 is 3.00 bits per heavy atom. The summed E-state index contributed by atoms with van der Waals surface area (Å²) in [6.45, 7) is 0.245. The zero-order valence-electron chi connectivity index (χ0n) is 14.3. The minimum absolute atomic E-state index is 0.245. The largest absolute Gasteiger partial charge is 0.343 e. The van der Waals surface area contributed by atoms with Crippen LogP contribution >= 0.6 is 34.3 Å². The van der Waals surface area contributed by atoms with E-state index < -0.39 is 0 Å². The van der Waals surface area contributed by atoms with E-state index in [1.54, 1.807) is 23.7 Å². The van der Waals surface area contributed by atoms with Crippen molar-refractivity contribution in [3.8, 4) is 27.2 Å². The standard InChI is InChI=1S/C19H12ClN5OS2/c20-16-5-4-15(28-16)19-25-14(10-27-19)18(26)23-9-17-22-8-13(24-17)12-3-1-2-11(6-12)7-21/h1-6,8,10H,9H2,(H,22,24)(H,23,26). The highest BCUT2D eigenvalue weighted by Crippen LogP contribution is 2.32. The molecule has 0 atom stereocenters. The summed E-state index contributed by atoms with van der Waals surface area (Å²) >= 11 is 8.78. The van der Waals surface area contributed by atoms with Crippen molar-refractivity contribution in [1.29, 1.82) is 5.26 Å². The Bertz CT molecular complexity index is 1190. The molecule has 0 aliphatic heterocycles. The van der Waals surface area contributed by atoms with Gasteiger partial charge in [-0.1, -0.05) is 23.7 Å². The highest BCUT2D eigenvalue weighted by atomic mass is 35.5. The van der Waals surface area contributed by atoms with Crippen LogP contribution in [0.4, 0.5) is 0 Å². The number of aromatic amines is 1. The number of rotatable bonds is 5. The van der Waals surface area contributed by atoms with Crippen LogP contribution in [0.15, 0.2) is 48.0 Å². The normalized spacial score (nSPS) is 10.6. The molecule has 1 amide bonds. The van der Waals surface area contributed by atoms with Crippen molar-refractivity contribution in [1.82, 2.24) is 20.3 Å².